The van der Waals surface area contributed by atoms with Crippen molar-refractivity contribution in [2.75, 3.05) is 32.1 Å². The lowest BCUT2D eigenvalue weighted by Crippen LogP contribution is -2.42. The van der Waals surface area contributed by atoms with Gasteiger partial charge in [0.1, 0.15) is 11.6 Å². The Bertz CT molecular complexity index is 899. The standard InChI is InChI=1S/C23H27BrFN3O3/c1-31-18-9-6-16(7-10-18)21(28-12-4-2-3-5-13-28)15-26-22(29)23(30)27-17-8-11-19(24)20(25)14-17/h6-11,14,21H,2-5,12-13,15H2,1H3,(H,26,29)(H,27,30). The first-order valence-electron chi connectivity index (χ1n) is 10.4. The van der Waals surface area contributed by atoms with Crippen LogP contribution in [0.25, 0.3) is 0 Å². The van der Waals surface area contributed by atoms with Crippen molar-refractivity contribution in [2.24, 2.45) is 0 Å². The molecule has 0 radical (unpaired) electrons. The fourth-order valence-corrected chi connectivity index (χ4v) is 3.97. The molecular formula is C23H27BrFN3O3. The van der Waals surface area contributed by atoms with Crippen LogP contribution in [-0.4, -0.2) is 43.5 Å². The third-order valence-corrected chi connectivity index (χ3v) is 6.06. The second-order valence-electron chi connectivity index (χ2n) is 7.53. The predicted molar refractivity (Wildman–Crippen MR) is 122 cm³/mol. The summed E-state index contributed by atoms with van der Waals surface area (Å²) in [6.45, 7) is 2.18. The van der Waals surface area contributed by atoms with Gasteiger partial charge in [-0.3, -0.25) is 14.5 Å². The molecule has 166 valence electrons. The minimum Gasteiger partial charge on any atom is -0.497 e. The summed E-state index contributed by atoms with van der Waals surface area (Å²) in [4.78, 5) is 27.1. The van der Waals surface area contributed by atoms with Gasteiger partial charge in [-0.2, -0.15) is 0 Å². The Balaban J connectivity index is 1.67. The Morgan fingerprint density at radius 2 is 1.74 bits per heavy atom. The number of amides is 2. The summed E-state index contributed by atoms with van der Waals surface area (Å²) in [7, 11) is 1.62. The number of likely N-dealkylation sites (tertiary alicyclic amines) is 1. The summed E-state index contributed by atoms with van der Waals surface area (Å²) < 4.78 is 19.2. The van der Waals surface area contributed by atoms with Gasteiger partial charge in [-0.1, -0.05) is 25.0 Å². The molecule has 1 aliphatic rings. The summed E-state index contributed by atoms with van der Waals surface area (Å²) in [5.74, 6) is -1.33. The molecule has 31 heavy (non-hydrogen) atoms. The predicted octanol–water partition coefficient (Wildman–Crippen LogP) is 4.27. The molecule has 0 aromatic heterocycles. The molecule has 2 amide bonds. The van der Waals surface area contributed by atoms with E-state index in [1.165, 1.54) is 25.0 Å². The maximum Gasteiger partial charge on any atom is 0.313 e. The Kier molecular flexibility index (Phi) is 8.43. The van der Waals surface area contributed by atoms with Crippen LogP contribution in [0.1, 0.15) is 37.3 Å². The van der Waals surface area contributed by atoms with Crippen LogP contribution >= 0.6 is 15.9 Å². The van der Waals surface area contributed by atoms with E-state index in [4.69, 9.17) is 4.74 Å². The van der Waals surface area contributed by atoms with E-state index in [0.29, 0.717) is 6.54 Å². The van der Waals surface area contributed by atoms with Crippen LogP contribution < -0.4 is 15.4 Å². The molecule has 2 aromatic rings. The fraction of sp³-hybridized carbons (Fsp3) is 0.391. The van der Waals surface area contributed by atoms with E-state index in [0.717, 1.165) is 43.3 Å². The zero-order chi connectivity index (χ0) is 22.2. The third kappa shape index (κ3) is 6.51. The third-order valence-electron chi connectivity index (χ3n) is 5.42. The van der Waals surface area contributed by atoms with E-state index in [9.17, 15) is 14.0 Å². The van der Waals surface area contributed by atoms with E-state index < -0.39 is 17.6 Å². The van der Waals surface area contributed by atoms with Crippen molar-refractivity contribution in [3.8, 4) is 5.75 Å². The van der Waals surface area contributed by atoms with Crippen molar-refractivity contribution in [2.45, 2.75) is 31.7 Å². The maximum absolute atomic E-state index is 13.7. The van der Waals surface area contributed by atoms with Gasteiger partial charge in [-0.05, 0) is 77.8 Å². The molecule has 0 spiro atoms. The Morgan fingerprint density at radius 1 is 1.06 bits per heavy atom. The molecule has 1 saturated heterocycles. The van der Waals surface area contributed by atoms with Crippen LogP contribution in [0.3, 0.4) is 0 Å². The first-order chi connectivity index (χ1) is 15.0. The molecule has 3 rings (SSSR count). The van der Waals surface area contributed by atoms with E-state index >= 15 is 0 Å². The zero-order valence-corrected chi connectivity index (χ0v) is 19.1. The maximum atomic E-state index is 13.7. The van der Waals surface area contributed by atoms with Crippen LogP contribution in [0.15, 0.2) is 46.9 Å². The van der Waals surface area contributed by atoms with Gasteiger partial charge in [-0.15, -0.1) is 0 Å². The Hall–Kier alpha value is -2.45. The summed E-state index contributed by atoms with van der Waals surface area (Å²) in [5, 5.41) is 5.18. The minimum atomic E-state index is -0.828. The molecular weight excluding hydrogens is 465 g/mol. The van der Waals surface area contributed by atoms with Gasteiger partial charge in [0, 0.05) is 12.2 Å². The molecule has 1 aliphatic heterocycles. The van der Waals surface area contributed by atoms with Crippen molar-refractivity contribution in [3.63, 3.8) is 0 Å². The smallest absolute Gasteiger partial charge is 0.313 e. The second kappa shape index (κ2) is 11.2. The van der Waals surface area contributed by atoms with Gasteiger partial charge in [0.2, 0.25) is 0 Å². The first-order valence-corrected chi connectivity index (χ1v) is 11.2. The first kappa shape index (κ1) is 23.2. The molecule has 0 saturated carbocycles. The van der Waals surface area contributed by atoms with Gasteiger partial charge >= 0.3 is 11.8 Å². The minimum absolute atomic E-state index is 0.0501. The van der Waals surface area contributed by atoms with Gasteiger partial charge in [-0.25, -0.2) is 4.39 Å². The van der Waals surface area contributed by atoms with Crippen LogP contribution in [-0.2, 0) is 9.59 Å². The van der Waals surface area contributed by atoms with Crippen LogP contribution in [0.2, 0.25) is 0 Å². The highest BCUT2D eigenvalue weighted by Gasteiger charge is 2.24. The van der Waals surface area contributed by atoms with E-state index in [2.05, 4.69) is 31.5 Å². The molecule has 0 bridgehead atoms. The van der Waals surface area contributed by atoms with Crippen molar-refractivity contribution < 1.29 is 18.7 Å². The van der Waals surface area contributed by atoms with Crippen molar-refractivity contribution in [1.29, 1.82) is 0 Å². The number of hydrogen-bond donors (Lipinski definition) is 2. The summed E-state index contributed by atoms with van der Waals surface area (Å²) >= 11 is 3.06. The van der Waals surface area contributed by atoms with Crippen molar-refractivity contribution >= 4 is 33.4 Å². The second-order valence-corrected chi connectivity index (χ2v) is 8.39. The number of nitrogens with zero attached hydrogens (tertiary/aromatic N) is 1. The molecule has 2 aromatic carbocycles. The van der Waals surface area contributed by atoms with Crippen LogP contribution in [0.5, 0.6) is 5.75 Å². The number of nitrogens with one attached hydrogen (secondary N) is 2. The number of ether oxygens (including phenoxy) is 1. The molecule has 1 heterocycles. The molecule has 1 fully saturated rings. The largest absolute Gasteiger partial charge is 0.497 e. The normalized spacial score (nSPS) is 15.6. The van der Waals surface area contributed by atoms with Gasteiger partial charge in [0.05, 0.1) is 17.6 Å². The van der Waals surface area contributed by atoms with Gasteiger partial charge < -0.3 is 15.4 Å². The van der Waals surface area contributed by atoms with Crippen LogP contribution in [0, 0.1) is 5.82 Å². The van der Waals surface area contributed by atoms with E-state index in [1.54, 1.807) is 7.11 Å². The lowest BCUT2D eigenvalue weighted by molar-refractivity contribution is -0.136. The van der Waals surface area contributed by atoms with Crippen molar-refractivity contribution in [1.82, 2.24) is 10.2 Å². The lowest BCUT2D eigenvalue weighted by atomic mass is 10.0. The number of halogens is 2. The molecule has 1 unspecified atom stereocenters. The number of anilines is 1. The number of methoxy groups -OCH3 is 1. The molecule has 0 aliphatic carbocycles. The molecule has 8 heteroatoms. The molecule has 6 nitrogen and oxygen atoms in total. The molecule has 1 atom stereocenters. The van der Waals surface area contributed by atoms with E-state index in [1.807, 2.05) is 24.3 Å². The summed E-state index contributed by atoms with van der Waals surface area (Å²) in [6.07, 6.45) is 4.61. The quantitative estimate of drug-likeness (QED) is 0.592. The van der Waals surface area contributed by atoms with Crippen molar-refractivity contribution in [3.05, 3.63) is 58.3 Å². The zero-order valence-electron chi connectivity index (χ0n) is 17.5. The number of carbonyl (C=O) groups is 2. The number of rotatable bonds is 6. The Labute approximate surface area is 190 Å². The topological polar surface area (TPSA) is 70.7 Å². The van der Waals surface area contributed by atoms with E-state index in [-0.39, 0.29) is 16.2 Å². The average molecular weight is 492 g/mol. The van der Waals surface area contributed by atoms with Crippen LogP contribution in [0.4, 0.5) is 10.1 Å². The molecule has 2 N–H and O–H groups in total. The SMILES string of the molecule is COc1ccc(C(CNC(=O)C(=O)Nc2ccc(Br)c(F)c2)N2CCCCCC2)cc1. The van der Waals surface area contributed by atoms with Gasteiger partial charge in [0.15, 0.2) is 0 Å². The number of hydrogen-bond acceptors (Lipinski definition) is 4. The van der Waals surface area contributed by atoms with Gasteiger partial charge in [0.25, 0.3) is 0 Å². The summed E-state index contributed by atoms with van der Waals surface area (Å²) in [5.41, 5.74) is 1.28. The lowest BCUT2D eigenvalue weighted by Gasteiger charge is -2.31. The summed E-state index contributed by atoms with van der Waals surface area (Å²) in [6, 6.07) is 11.9. The average Bonchev–Trinajstić information content (AvgIpc) is 3.06. The monoisotopic (exact) mass is 491 g/mol. The Morgan fingerprint density at radius 3 is 2.35 bits per heavy atom. The number of benzene rings is 2. The highest BCUT2D eigenvalue weighted by molar-refractivity contribution is 9.10. The fourth-order valence-electron chi connectivity index (χ4n) is 3.72. The number of carbonyl (C=O) groups excluding carboxylic acids is 2. The highest BCUT2D eigenvalue weighted by Crippen LogP contribution is 2.25. The highest BCUT2D eigenvalue weighted by atomic mass is 79.9.